The van der Waals surface area contributed by atoms with Crippen LogP contribution < -0.4 is 15.5 Å². The number of benzene rings is 3. The fraction of sp³-hybridized carbons (Fsp3) is 0.148. The van der Waals surface area contributed by atoms with Crippen molar-refractivity contribution in [1.29, 1.82) is 0 Å². The van der Waals surface area contributed by atoms with Crippen molar-refractivity contribution in [2.75, 3.05) is 17.3 Å². The van der Waals surface area contributed by atoms with Crippen LogP contribution >= 0.6 is 0 Å². The molecule has 0 saturated carbocycles. The molecule has 38 heavy (non-hydrogen) atoms. The van der Waals surface area contributed by atoms with Gasteiger partial charge >= 0.3 is 12.3 Å². The molecule has 3 N–H and O–H groups in total. The van der Waals surface area contributed by atoms with Gasteiger partial charge in [-0.3, -0.25) is 4.79 Å². The number of halogens is 3. The standard InChI is InChI=1S/C27H24F3N5O3/c1-34(21-10-3-2-4-11-21)17-19-8-5-9-20(13-19)32-25(36)23-15-24(27(28,29)30)33-35(23)22-12-6-7-18(14-22)16-31-26(37)38/h2-15,31H,16-17H2,1H3,(H,32,36)(H,37,38). The first-order valence-corrected chi connectivity index (χ1v) is 11.5. The summed E-state index contributed by atoms with van der Waals surface area (Å²) in [6.07, 6.45) is -6.02. The van der Waals surface area contributed by atoms with E-state index in [1.807, 2.05) is 48.3 Å². The molecule has 0 radical (unpaired) electrons. The molecule has 3 aromatic carbocycles. The second-order valence-electron chi connectivity index (χ2n) is 8.50. The Morgan fingerprint density at radius 1 is 0.947 bits per heavy atom. The van der Waals surface area contributed by atoms with Crippen LogP contribution in [0.4, 0.5) is 29.3 Å². The molecule has 0 atom stereocenters. The van der Waals surface area contributed by atoms with Crippen LogP contribution in [0.15, 0.2) is 84.9 Å². The minimum atomic E-state index is -4.77. The summed E-state index contributed by atoms with van der Waals surface area (Å²) in [5.74, 6) is -0.782. The summed E-state index contributed by atoms with van der Waals surface area (Å²) in [6, 6.07) is 23.5. The molecule has 0 aliphatic rings. The van der Waals surface area contributed by atoms with Gasteiger partial charge in [0.15, 0.2) is 5.69 Å². The average Bonchev–Trinajstić information content (AvgIpc) is 3.35. The van der Waals surface area contributed by atoms with Gasteiger partial charge in [0.2, 0.25) is 0 Å². The second-order valence-corrected chi connectivity index (χ2v) is 8.50. The van der Waals surface area contributed by atoms with Crippen LogP contribution in [0.3, 0.4) is 0 Å². The smallest absolute Gasteiger partial charge is 0.435 e. The molecular weight excluding hydrogens is 499 g/mol. The molecule has 4 aromatic rings. The van der Waals surface area contributed by atoms with Gasteiger partial charge in [0.1, 0.15) is 5.69 Å². The van der Waals surface area contributed by atoms with Crippen LogP contribution in [0, 0.1) is 0 Å². The highest BCUT2D eigenvalue weighted by molar-refractivity contribution is 6.03. The maximum absolute atomic E-state index is 13.5. The van der Waals surface area contributed by atoms with Gasteiger partial charge in [-0.1, -0.05) is 42.5 Å². The van der Waals surface area contributed by atoms with Crippen LogP contribution in [0.25, 0.3) is 5.69 Å². The Labute approximate surface area is 216 Å². The molecule has 8 nitrogen and oxygen atoms in total. The molecule has 0 unspecified atom stereocenters. The average molecular weight is 524 g/mol. The minimum absolute atomic E-state index is 0.0671. The Morgan fingerprint density at radius 2 is 1.66 bits per heavy atom. The monoisotopic (exact) mass is 523 g/mol. The van der Waals surface area contributed by atoms with E-state index < -0.39 is 23.9 Å². The van der Waals surface area contributed by atoms with Gasteiger partial charge < -0.3 is 20.6 Å². The molecule has 196 valence electrons. The van der Waals surface area contributed by atoms with Gasteiger partial charge in [-0.25, -0.2) is 9.48 Å². The van der Waals surface area contributed by atoms with Gasteiger partial charge in [-0.05, 0) is 47.5 Å². The summed E-state index contributed by atoms with van der Waals surface area (Å²) >= 11 is 0. The third-order valence-corrected chi connectivity index (χ3v) is 5.63. The van der Waals surface area contributed by atoms with E-state index >= 15 is 0 Å². The van der Waals surface area contributed by atoms with E-state index in [9.17, 15) is 22.8 Å². The zero-order valence-corrected chi connectivity index (χ0v) is 20.2. The zero-order chi connectivity index (χ0) is 27.3. The third kappa shape index (κ3) is 6.49. The number of nitrogens with one attached hydrogen (secondary N) is 2. The Bertz CT molecular complexity index is 1440. The van der Waals surface area contributed by atoms with Gasteiger partial charge in [0, 0.05) is 37.6 Å². The van der Waals surface area contributed by atoms with Crippen LogP contribution in [0.1, 0.15) is 27.3 Å². The molecule has 1 heterocycles. The number of amides is 2. The number of carbonyl (C=O) groups excluding carboxylic acids is 1. The van der Waals surface area contributed by atoms with Crippen LogP contribution in [-0.4, -0.2) is 33.9 Å². The van der Waals surface area contributed by atoms with Gasteiger partial charge in [-0.15, -0.1) is 0 Å². The number of anilines is 2. The van der Waals surface area contributed by atoms with Gasteiger partial charge in [0.05, 0.1) is 5.69 Å². The molecule has 0 fully saturated rings. The topological polar surface area (TPSA) is 99.5 Å². The van der Waals surface area contributed by atoms with E-state index in [-0.39, 0.29) is 17.9 Å². The number of hydrogen-bond acceptors (Lipinski definition) is 4. The maximum atomic E-state index is 13.5. The first-order chi connectivity index (χ1) is 18.1. The maximum Gasteiger partial charge on any atom is 0.435 e. The predicted molar refractivity (Wildman–Crippen MR) is 136 cm³/mol. The molecular formula is C27H24F3N5O3. The minimum Gasteiger partial charge on any atom is -0.465 e. The van der Waals surface area contributed by atoms with Crippen molar-refractivity contribution in [3.05, 3.63) is 107 Å². The predicted octanol–water partition coefficient (Wildman–Crippen LogP) is 5.55. The lowest BCUT2D eigenvalue weighted by molar-refractivity contribution is -0.141. The highest BCUT2D eigenvalue weighted by Gasteiger charge is 2.36. The van der Waals surface area contributed by atoms with Crippen molar-refractivity contribution >= 4 is 23.4 Å². The largest absolute Gasteiger partial charge is 0.465 e. The van der Waals surface area contributed by atoms with Crippen LogP contribution in [0.5, 0.6) is 0 Å². The summed E-state index contributed by atoms with van der Waals surface area (Å²) in [7, 11) is 1.93. The SMILES string of the molecule is CN(Cc1cccc(NC(=O)c2cc(C(F)(F)F)nn2-c2cccc(CNC(=O)O)c2)c1)c1ccccc1. The number of para-hydroxylation sites is 1. The van der Waals surface area contributed by atoms with E-state index in [1.54, 1.807) is 24.3 Å². The van der Waals surface area contributed by atoms with Crippen molar-refractivity contribution in [2.45, 2.75) is 19.3 Å². The van der Waals surface area contributed by atoms with Crippen molar-refractivity contribution in [3.8, 4) is 5.69 Å². The normalized spacial score (nSPS) is 11.2. The lowest BCUT2D eigenvalue weighted by Gasteiger charge is -2.19. The molecule has 1 aromatic heterocycles. The van der Waals surface area contributed by atoms with E-state index in [2.05, 4.69) is 15.7 Å². The number of aromatic nitrogens is 2. The number of alkyl halides is 3. The summed E-state index contributed by atoms with van der Waals surface area (Å²) in [4.78, 5) is 26.0. The Balaban J connectivity index is 1.59. The number of carbonyl (C=O) groups is 2. The summed E-state index contributed by atoms with van der Waals surface area (Å²) in [5, 5.41) is 17.3. The first kappa shape index (κ1) is 26.3. The van der Waals surface area contributed by atoms with E-state index in [1.165, 1.54) is 18.2 Å². The fourth-order valence-corrected chi connectivity index (χ4v) is 3.84. The van der Waals surface area contributed by atoms with E-state index in [4.69, 9.17) is 5.11 Å². The Morgan fingerprint density at radius 3 is 2.37 bits per heavy atom. The summed E-state index contributed by atoms with van der Waals surface area (Å²) < 4.78 is 41.4. The number of hydrogen-bond donors (Lipinski definition) is 3. The van der Waals surface area contributed by atoms with E-state index in [0.717, 1.165) is 15.9 Å². The lowest BCUT2D eigenvalue weighted by atomic mass is 10.1. The number of nitrogens with zero attached hydrogens (tertiary/aromatic N) is 3. The molecule has 4 rings (SSSR count). The van der Waals surface area contributed by atoms with Crippen molar-refractivity contribution in [3.63, 3.8) is 0 Å². The van der Waals surface area contributed by atoms with Crippen molar-refractivity contribution in [1.82, 2.24) is 15.1 Å². The summed E-state index contributed by atoms with van der Waals surface area (Å²) in [6.45, 7) is 0.476. The molecule has 0 bridgehead atoms. The third-order valence-electron chi connectivity index (χ3n) is 5.63. The summed E-state index contributed by atoms with van der Waals surface area (Å²) in [5.41, 5.74) is 1.41. The quantitative estimate of drug-likeness (QED) is 0.281. The molecule has 0 saturated heterocycles. The highest BCUT2D eigenvalue weighted by atomic mass is 19.4. The van der Waals surface area contributed by atoms with Crippen molar-refractivity contribution < 1.29 is 27.9 Å². The van der Waals surface area contributed by atoms with Crippen LogP contribution in [0.2, 0.25) is 0 Å². The fourth-order valence-electron chi connectivity index (χ4n) is 3.84. The molecule has 0 aliphatic carbocycles. The first-order valence-electron chi connectivity index (χ1n) is 11.5. The van der Waals surface area contributed by atoms with Crippen molar-refractivity contribution in [2.24, 2.45) is 0 Å². The van der Waals surface area contributed by atoms with Gasteiger partial charge in [-0.2, -0.15) is 18.3 Å². The Hall–Kier alpha value is -4.80. The van der Waals surface area contributed by atoms with Crippen LogP contribution in [-0.2, 0) is 19.3 Å². The Kier molecular flexibility index (Phi) is 7.66. The number of carboxylic acid groups (broad SMARTS) is 1. The number of rotatable bonds is 8. The van der Waals surface area contributed by atoms with Gasteiger partial charge in [0.25, 0.3) is 5.91 Å². The van der Waals surface area contributed by atoms with E-state index in [0.29, 0.717) is 23.9 Å². The molecule has 11 heteroatoms. The molecule has 0 aliphatic heterocycles. The molecule has 2 amide bonds. The highest BCUT2D eigenvalue weighted by Crippen LogP contribution is 2.30. The second kappa shape index (κ2) is 11.1. The lowest BCUT2D eigenvalue weighted by Crippen LogP contribution is -2.20. The zero-order valence-electron chi connectivity index (χ0n) is 20.2. The molecule has 0 spiro atoms.